The Morgan fingerprint density at radius 1 is 1.39 bits per heavy atom. The lowest BCUT2D eigenvalue weighted by Gasteiger charge is -2.24. The first-order valence-corrected chi connectivity index (χ1v) is 8.04. The standard InChI is InChI=1S/C15H13BrClN5O/c1-9(11-5-3-4-6-12(11)17)21(2)14(23)13-19-15-18-7-10(16)8-22(15)20-13/h3-9H,1-2H3/t9-/m0/s1. The Hall–Kier alpha value is -1.99. The molecule has 0 bridgehead atoms. The smallest absolute Gasteiger partial charge is 0.293 e. The van der Waals surface area contributed by atoms with Gasteiger partial charge in [-0.1, -0.05) is 29.8 Å². The van der Waals surface area contributed by atoms with Gasteiger partial charge < -0.3 is 4.90 Å². The van der Waals surface area contributed by atoms with E-state index in [0.29, 0.717) is 10.8 Å². The molecule has 0 saturated heterocycles. The SMILES string of the molecule is C[C@@H](c1ccccc1Cl)N(C)C(=O)c1nc2ncc(Br)cn2n1. The van der Waals surface area contributed by atoms with E-state index >= 15 is 0 Å². The second kappa shape index (κ2) is 6.25. The second-order valence-electron chi connectivity index (χ2n) is 5.07. The highest BCUT2D eigenvalue weighted by Crippen LogP contribution is 2.26. The Morgan fingerprint density at radius 3 is 2.87 bits per heavy atom. The molecule has 0 unspecified atom stereocenters. The minimum Gasteiger partial charge on any atom is -0.332 e. The maximum absolute atomic E-state index is 12.6. The van der Waals surface area contributed by atoms with Crippen LogP contribution in [-0.4, -0.2) is 37.4 Å². The van der Waals surface area contributed by atoms with Crippen LogP contribution in [0.1, 0.15) is 29.1 Å². The summed E-state index contributed by atoms with van der Waals surface area (Å²) in [4.78, 5) is 22.5. The van der Waals surface area contributed by atoms with E-state index in [1.807, 2.05) is 25.1 Å². The van der Waals surface area contributed by atoms with Crippen LogP contribution in [0.15, 0.2) is 41.1 Å². The lowest BCUT2D eigenvalue weighted by atomic mass is 10.1. The normalized spacial score (nSPS) is 12.3. The van der Waals surface area contributed by atoms with Crippen LogP contribution in [0.3, 0.4) is 0 Å². The van der Waals surface area contributed by atoms with Crippen LogP contribution in [-0.2, 0) is 0 Å². The van der Waals surface area contributed by atoms with Crippen molar-refractivity contribution >= 4 is 39.2 Å². The fourth-order valence-electron chi connectivity index (χ4n) is 2.21. The van der Waals surface area contributed by atoms with Gasteiger partial charge in [0.2, 0.25) is 5.82 Å². The van der Waals surface area contributed by atoms with Crippen LogP contribution in [0.4, 0.5) is 0 Å². The number of hydrogen-bond donors (Lipinski definition) is 0. The van der Waals surface area contributed by atoms with Gasteiger partial charge >= 0.3 is 0 Å². The zero-order chi connectivity index (χ0) is 16.6. The van der Waals surface area contributed by atoms with E-state index in [9.17, 15) is 4.79 Å². The first kappa shape index (κ1) is 15.9. The third-order valence-corrected chi connectivity index (χ3v) is 4.36. The van der Waals surface area contributed by atoms with Crippen molar-refractivity contribution in [3.05, 3.63) is 57.5 Å². The molecule has 0 fully saturated rings. The molecule has 0 aliphatic heterocycles. The van der Waals surface area contributed by atoms with Gasteiger partial charge in [-0.3, -0.25) is 4.79 Å². The fraction of sp³-hybridized carbons (Fsp3) is 0.200. The molecule has 6 nitrogen and oxygen atoms in total. The Kier molecular flexibility index (Phi) is 4.32. The van der Waals surface area contributed by atoms with Gasteiger partial charge in [-0.2, -0.15) is 4.98 Å². The summed E-state index contributed by atoms with van der Waals surface area (Å²) in [5, 5.41) is 4.80. The van der Waals surface area contributed by atoms with Gasteiger partial charge in [-0.05, 0) is 34.5 Å². The number of nitrogens with zero attached hydrogens (tertiary/aromatic N) is 5. The van der Waals surface area contributed by atoms with Crippen LogP contribution in [0.5, 0.6) is 0 Å². The van der Waals surface area contributed by atoms with E-state index in [-0.39, 0.29) is 17.8 Å². The van der Waals surface area contributed by atoms with E-state index in [0.717, 1.165) is 10.0 Å². The molecule has 0 aliphatic carbocycles. The van der Waals surface area contributed by atoms with Crippen molar-refractivity contribution in [3.63, 3.8) is 0 Å². The third-order valence-electron chi connectivity index (χ3n) is 3.61. The van der Waals surface area contributed by atoms with Crippen LogP contribution in [0.2, 0.25) is 5.02 Å². The predicted molar refractivity (Wildman–Crippen MR) is 90.4 cm³/mol. The second-order valence-corrected chi connectivity index (χ2v) is 6.39. The Morgan fingerprint density at radius 2 is 2.13 bits per heavy atom. The maximum Gasteiger partial charge on any atom is 0.293 e. The minimum absolute atomic E-state index is 0.0944. The maximum atomic E-state index is 12.6. The highest BCUT2D eigenvalue weighted by atomic mass is 79.9. The van der Waals surface area contributed by atoms with Crippen molar-refractivity contribution in [2.24, 2.45) is 0 Å². The quantitative estimate of drug-likeness (QED) is 0.683. The van der Waals surface area contributed by atoms with Crippen molar-refractivity contribution in [3.8, 4) is 0 Å². The molecule has 118 valence electrons. The molecule has 8 heteroatoms. The summed E-state index contributed by atoms with van der Waals surface area (Å²) in [6, 6.07) is 7.24. The number of hydrogen-bond acceptors (Lipinski definition) is 4. The van der Waals surface area contributed by atoms with E-state index in [1.54, 1.807) is 30.4 Å². The predicted octanol–water partition coefficient (Wildman–Crippen LogP) is 3.37. The molecule has 0 radical (unpaired) electrons. The highest BCUT2D eigenvalue weighted by Gasteiger charge is 2.24. The molecule has 2 aromatic heterocycles. The molecule has 3 rings (SSSR count). The first-order valence-electron chi connectivity index (χ1n) is 6.87. The zero-order valence-electron chi connectivity index (χ0n) is 12.4. The molecule has 0 N–H and O–H groups in total. The molecule has 3 aromatic rings. The number of aromatic nitrogens is 4. The third kappa shape index (κ3) is 3.07. The first-order chi connectivity index (χ1) is 11.0. The van der Waals surface area contributed by atoms with Crippen molar-refractivity contribution in [2.75, 3.05) is 7.05 Å². The molecule has 1 amide bonds. The van der Waals surface area contributed by atoms with E-state index in [4.69, 9.17) is 11.6 Å². The average Bonchev–Trinajstić information content (AvgIpc) is 2.96. The molecule has 1 atom stereocenters. The van der Waals surface area contributed by atoms with Gasteiger partial charge in [-0.25, -0.2) is 9.50 Å². The molecule has 0 spiro atoms. The molecule has 0 saturated carbocycles. The Balaban J connectivity index is 1.90. The Bertz CT molecular complexity index is 881. The Labute approximate surface area is 146 Å². The molecule has 23 heavy (non-hydrogen) atoms. The minimum atomic E-state index is -0.293. The molecule has 1 aromatic carbocycles. The number of carbonyl (C=O) groups is 1. The van der Waals surface area contributed by atoms with Crippen molar-refractivity contribution in [2.45, 2.75) is 13.0 Å². The van der Waals surface area contributed by atoms with Crippen LogP contribution < -0.4 is 0 Å². The van der Waals surface area contributed by atoms with Gasteiger partial charge in [0, 0.05) is 24.5 Å². The van der Waals surface area contributed by atoms with E-state index < -0.39 is 0 Å². The summed E-state index contributed by atoms with van der Waals surface area (Å²) in [5.74, 6) is 0.173. The number of halogens is 2. The summed E-state index contributed by atoms with van der Waals surface area (Å²) in [7, 11) is 1.70. The molecule has 0 aliphatic rings. The number of carbonyl (C=O) groups excluding carboxylic acids is 1. The summed E-state index contributed by atoms with van der Waals surface area (Å²) in [6.45, 7) is 1.91. The van der Waals surface area contributed by atoms with Crippen molar-refractivity contribution < 1.29 is 4.79 Å². The summed E-state index contributed by atoms with van der Waals surface area (Å²) in [5.41, 5.74) is 0.870. The summed E-state index contributed by atoms with van der Waals surface area (Å²) < 4.78 is 2.22. The monoisotopic (exact) mass is 393 g/mol. The van der Waals surface area contributed by atoms with Crippen LogP contribution >= 0.6 is 27.5 Å². The van der Waals surface area contributed by atoms with Gasteiger partial charge in [-0.15, -0.1) is 5.10 Å². The number of rotatable bonds is 3. The largest absolute Gasteiger partial charge is 0.332 e. The summed E-state index contributed by atoms with van der Waals surface area (Å²) >= 11 is 9.52. The van der Waals surface area contributed by atoms with Crippen LogP contribution in [0.25, 0.3) is 5.78 Å². The number of fused-ring (bicyclic) bond motifs is 1. The molecular formula is C15H13BrClN5O. The van der Waals surface area contributed by atoms with E-state index in [2.05, 4.69) is 31.0 Å². The summed E-state index contributed by atoms with van der Waals surface area (Å²) in [6.07, 6.45) is 3.30. The van der Waals surface area contributed by atoms with E-state index in [1.165, 1.54) is 4.52 Å². The lowest BCUT2D eigenvalue weighted by Crippen LogP contribution is -2.30. The van der Waals surface area contributed by atoms with Crippen molar-refractivity contribution in [1.82, 2.24) is 24.5 Å². The van der Waals surface area contributed by atoms with Gasteiger partial charge in [0.15, 0.2) is 0 Å². The van der Waals surface area contributed by atoms with Gasteiger partial charge in [0.25, 0.3) is 11.7 Å². The molecular weight excluding hydrogens is 382 g/mol. The number of benzene rings is 1. The van der Waals surface area contributed by atoms with Crippen LogP contribution in [0, 0.1) is 0 Å². The topological polar surface area (TPSA) is 63.4 Å². The lowest BCUT2D eigenvalue weighted by molar-refractivity contribution is 0.0730. The van der Waals surface area contributed by atoms with Gasteiger partial charge in [0.05, 0.1) is 10.5 Å². The number of amides is 1. The highest BCUT2D eigenvalue weighted by molar-refractivity contribution is 9.10. The average molecular weight is 395 g/mol. The van der Waals surface area contributed by atoms with Crippen molar-refractivity contribution in [1.29, 1.82) is 0 Å². The zero-order valence-corrected chi connectivity index (χ0v) is 14.8. The van der Waals surface area contributed by atoms with Gasteiger partial charge in [0.1, 0.15) is 0 Å². The molecule has 2 heterocycles. The fourth-order valence-corrected chi connectivity index (χ4v) is 2.80.